The van der Waals surface area contributed by atoms with E-state index in [-0.39, 0.29) is 0 Å². The fourth-order valence-corrected chi connectivity index (χ4v) is 4.83. The summed E-state index contributed by atoms with van der Waals surface area (Å²) in [7, 11) is 0. The maximum Gasteiger partial charge on any atom is 0.116 e. The van der Waals surface area contributed by atoms with Gasteiger partial charge in [0.1, 0.15) is 5.69 Å². The summed E-state index contributed by atoms with van der Waals surface area (Å²) in [6.07, 6.45) is 9.80. The molecule has 5 aromatic rings. The number of hydrogen-bond acceptors (Lipinski definition) is 3. The van der Waals surface area contributed by atoms with Crippen molar-refractivity contribution < 1.29 is 0 Å². The van der Waals surface area contributed by atoms with Gasteiger partial charge in [-0.3, -0.25) is 10.1 Å². The first-order valence-corrected chi connectivity index (χ1v) is 11.0. The number of benzene rings is 1. The SMILES string of the molecule is C=C/C=C(C)\C(=C/C)c1ccc2[nH]nc(-c3cc4c(-c5cccs5)cncc4[nH]3)c2c1. The van der Waals surface area contributed by atoms with Crippen LogP contribution < -0.4 is 0 Å². The van der Waals surface area contributed by atoms with Crippen LogP contribution in [-0.4, -0.2) is 20.2 Å². The lowest BCUT2D eigenvalue weighted by molar-refractivity contribution is 1.12. The number of rotatable bonds is 5. The van der Waals surface area contributed by atoms with E-state index in [0.717, 1.165) is 44.3 Å². The minimum Gasteiger partial charge on any atom is -0.352 e. The zero-order chi connectivity index (χ0) is 21.4. The van der Waals surface area contributed by atoms with Crippen LogP contribution in [0.1, 0.15) is 19.4 Å². The number of aromatic nitrogens is 4. The summed E-state index contributed by atoms with van der Waals surface area (Å²) >= 11 is 1.72. The molecule has 4 heterocycles. The highest BCUT2D eigenvalue weighted by Gasteiger charge is 2.15. The summed E-state index contributed by atoms with van der Waals surface area (Å²) in [6.45, 7) is 7.99. The van der Waals surface area contributed by atoms with Crippen molar-refractivity contribution >= 4 is 38.7 Å². The van der Waals surface area contributed by atoms with Crippen LogP contribution in [0.15, 0.2) is 84.6 Å². The maximum atomic E-state index is 4.64. The van der Waals surface area contributed by atoms with Crippen molar-refractivity contribution in [2.45, 2.75) is 13.8 Å². The first kappa shape index (κ1) is 19.3. The van der Waals surface area contributed by atoms with Crippen molar-refractivity contribution in [2.75, 3.05) is 0 Å². The third-order valence-corrected chi connectivity index (χ3v) is 6.45. The Morgan fingerprint density at radius 1 is 1.10 bits per heavy atom. The van der Waals surface area contributed by atoms with E-state index in [2.05, 4.69) is 88.4 Å². The molecule has 0 fully saturated rings. The Kier molecular flexibility index (Phi) is 4.88. The van der Waals surface area contributed by atoms with E-state index in [1.807, 2.05) is 24.5 Å². The zero-order valence-electron chi connectivity index (χ0n) is 17.4. The normalized spacial score (nSPS) is 12.7. The van der Waals surface area contributed by atoms with Gasteiger partial charge < -0.3 is 4.98 Å². The second kappa shape index (κ2) is 7.85. The smallest absolute Gasteiger partial charge is 0.116 e. The molecule has 1 aromatic carbocycles. The van der Waals surface area contributed by atoms with Gasteiger partial charge in [0.05, 0.1) is 22.9 Å². The van der Waals surface area contributed by atoms with E-state index < -0.39 is 0 Å². The highest BCUT2D eigenvalue weighted by molar-refractivity contribution is 7.13. The Balaban J connectivity index is 1.66. The summed E-state index contributed by atoms with van der Waals surface area (Å²) in [6, 6.07) is 12.8. The van der Waals surface area contributed by atoms with Crippen molar-refractivity contribution in [1.29, 1.82) is 0 Å². The van der Waals surface area contributed by atoms with Gasteiger partial charge in [-0.15, -0.1) is 11.3 Å². The number of thiophene rings is 1. The summed E-state index contributed by atoms with van der Waals surface area (Å²) < 4.78 is 0. The van der Waals surface area contributed by atoms with Gasteiger partial charge in [-0.2, -0.15) is 5.10 Å². The van der Waals surface area contributed by atoms with Crippen LogP contribution in [0.3, 0.4) is 0 Å². The highest BCUT2D eigenvalue weighted by Crippen LogP contribution is 2.36. The number of nitrogens with zero attached hydrogens (tertiary/aromatic N) is 2. The average molecular weight is 423 g/mol. The molecule has 4 nitrogen and oxygen atoms in total. The van der Waals surface area contributed by atoms with Crippen LogP contribution >= 0.6 is 11.3 Å². The van der Waals surface area contributed by atoms with Gasteiger partial charge in [0, 0.05) is 27.4 Å². The fraction of sp³-hybridized carbons (Fsp3) is 0.0769. The number of nitrogens with one attached hydrogen (secondary N) is 2. The number of aromatic amines is 2. The second-order valence-electron chi connectivity index (χ2n) is 7.43. The quantitative estimate of drug-likeness (QED) is 0.290. The number of H-pyrrole nitrogens is 2. The molecule has 0 radical (unpaired) electrons. The van der Waals surface area contributed by atoms with Crippen molar-refractivity contribution in [3.8, 4) is 21.8 Å². The van der Waals surface area contributed by atoms with Crippen molar-refractivity contribution in [3.63, 3.8) is 0 Å². The molecule has 0 aliphatic heterocycles. The predicted octanol–water partition coefficient (Wildman–Crippen LogP) is 7.37. The maximum absolute atomic E-state index is 4.64. The number of allylic oxidation sites excluding steroid dienone is 5. The predicted molar refractivity (Wildman–Crippen MR) is 132 cm³/mol. The first-order chi connectivity index (χ1) is 15.2. The summed E-state index contributed by atoms with van der Waals surface area (Å²) in [4.78, 5) is 9.16. The molecular formula is C26H22N4S. The Labute approximate surface area is 184 Å². The van der Waals surface area contributed by atoms with E-state index >= 15 is 0 Å². The first-order valence-electron chi connectivity index (χ1n) is 10.1. The second-order valence-corrected chi connectivity index (χ2v) is 8.38. The molecule has 4 aromatic heterocycles. The van der Waals surface area contributed by atoms with Gasteiger partial charge in [-0.1, -0.05) is 36.9 Å². The number of fused-ring (bicyclic) bond motifs is 2. The van der Waals surface area contributed by atoms with Crippen LogP contribution in [0.2, 0.25) is 0 Å². The molecule has 0 saturated heterocycles. The van der Waals surface area contributed by atoms with Gasteiger partial charge >= 0.3 is 0 Å². The molecular weight excluding hydrogens is 400 g/mol. The zero-order valence-corrected chi connectivity index (χ0v) is 18.3. The number of pyridine rings is 1. The third kappa shape index (κ3) is 3.33. The van der Waals surface area contributed by atoms with Gasteiger partial charge in [-0.05, 0) is 60.2 Å². The minimum absolute atomic E-state index is 0.908. The summed E-state index contributed by atoms with van der Waals surface area (Å²) in [5.74, 6) is 0. The lowest BCUT2D eigenvalue weighted by Crippen LogP contribution is -1.87. The molecule has 0 bridgehead atoms. The average Bonchev–Trinajstić information content (AvgIpc) is 3.52. The topological polar surface area (TPSA) is 57.4 Å². The summed E-state index contributed by atoms with van der Waals surface area (Å²) in [5, 5.41) is 12.1. The van der Waals surface area contributed by atoms with Crippen molar-refractivity contribution in [1.82, 2.24) is 20.2 Å². The lowest BCUT2D eigenvalue weighted by atomic mass is 9.96. The van der Waals surface area contributed by atoms with Crippen LogP contribution in [0, 0.1) is 0 Å². The van der Waals surface area contributed by atoms with E-state index in [1.54, 1.807) is 11.3 Å². The Morgan fingerprint density at radius 3 is 2.77 bits per heavy atom. The molecule has 5 rings (SSSR count). The Bertz CT molecular complexity index is 1460. The lowest BCUT2D eigenvalue weighted by Gasteiger charge is -2.08. The van der Waals surface area contributed by atoms with Gasteiger partial charge in [0.25, 0.3) is 0 Å². The van der Waals surface area contributed by atoms with Crippen LogP contribution in [0.25, 0.3) is 49.2 Å². The van der Waals surface area contributed by atoms with Crippen LogP contribution in [0.4, 0.5) is 0 Å². The van der Waals surface area contributed by atoms with Gasteiger partial charge in [0.15, 0.2) is 0 Å². The summed E-state index contributed by atoms with van der Waals surface area (Å²) in [5.41, 5.74) is 8.56. The Morgan fingerprint density at radius 2 is 2.00 bits per heavy atom. The standard InChI is InChI=1S/C26H22N4S/c1-4-7-16(3)18(5-2)17-9-10-22-20(12-17)26(30-29-22)23-13-19-21(25-8-6-11-31-25)14-27-15-24(19)28-23/h4-15,28H,1H2,2-3H3,(H,29,30)/b16-7-,18-5+. The van der Waals surface area contributed by atoms with E-state index in [0.29, 0.717) is 0 Å². The highest BCUT2D eigenvalue weighted by atomic mass is 32.1. The van der Waals surface area contributed by atoms with Crippen LogP contribution in [-0.2, 0) is 0 Å². The van der Waals surface area contributed by atoms with E-state index in [4.69, 9.17) is 0 Å². The third-order valence-electron chi connectivity index (χ3n) is 5.54. The van der Waals surface area contributed by atoms with E-state index in [1.165, 1.54) is 16.0 Å². The van der Waals surface area contributed by atoms with Crippen molar-refractivity contribution in [2.24, 2.45) is 0 Å². The molecule has 0 unspecified atom stereocenters. The molecule has 0 aliphatic carbocycles. The molecule has 0 spiro atoms. The fourth-order valence-electron chi connectivity index (χ4n) is 4.08. The molecule has 0 saturated carbocycles. The largest absolute Gasteiger partial charge is 0.352 e. The van der Waals surface area contributed by atoms with Crippen molar-refractivity contribution in [3.05, 3.63) is 90.1 Å². The molecule has 2 N–H and O–H groups in total. The molecule has 5 heteroatoms. The molecule has 152 valence electrons. The molecule has 0 amide bonds. The van der Waals surface area contributed by atoms with Crippen LogP contribution in [0.5, 0.6) is 0 Å². The number of hydrogen-bond donors (Lipinski definition) is 2. The van der Waals surface area contributed by atoms with Gasteiger partial charge in [0.2, 0.25) is 0 Å². The monoisotopic (exact) mass is 422 g/mol. The van der Waals surface area contributed by atoms with E-state index in [9.17, 15) is 0 Å². The van der Waals surface area contributed by atoms with Gasteiger partial charge in [-0.25, -0.2) is 0 Å². The molecule has 0 atom stereocenters. The molecule has 0 aliphatic rings. The minimum atomic E-state index is 0.908. The Hall–Kier alpha value is -3.70. The molecule has 31 heavy (non-hydrogen) atoms.